The molecule has 0 spiro atoms. The summed E-state index contributed by atoms with van der Waals surface area (Å²) < 4.78 is 0. The SMILES string of the molecule is C=CC(=NCCC)NCCC. The Balaban J connectivity index is 3.64. The second-order valence-electron chi connectivity index (χ2n) is 2.40. The average Bonchev–Trinajstić information content (AvgIpc) is 2.05. The van der Waals surface area contributed by atoms with Gasteiger partial charge < -0.3 is 5.32 Å². The van der Waals surface area contributed by atoms with E-state index < -0.39 is 0 Å². The van der Waals surface area contributed by atoms with E-state index in [9.17, 15) is 0 Å². The molecule has 64 valence electrons. The van der Waals surface area contributed by atoms with Gasteiger partial charge in [0, 0.05) is 13.1 Å². The minimum atomic E-state index is 0.887. The normalized spacial score (nSPS) is 11.3. The Morgan fingerprint density at radius 1 is 1.45 bits per heavy atom. The number of nitrogens with one attached hydrogen (secondary N) is 1. The van der Waals surface area contributed by atoms with Crippen LogP contribution in [0.15, 0.2) is 17.6 Å². The molecule has 0 aromatic rings. The largest absolute Gasteiger partial charge is 0.370 e. The van der Waals surface area contributed by atoms with Gasteiger partial charge in [0.05, 0.1) is 0 Å². The Morgan fingerprint density at radius 2 is 2.18 bits per heavy atom. The van der Waals surface area contributed by atoms with Gasteiger partial charge in [-0.25, -0.2) is 0 Å². The molecular formula is C9H18N2. The van der Waals surface area contributed by atoms with Gasteiger partial charge in [-0.2, -0.15) is 0 Å². The van der Waals surface area contributed by atoms with Crippen LogP contribution in [0.2, 0.25) is 0 Å². The van der Waals surface area contributed by atoms with Crippen molar-refractivity contribution in [2.45, 2.75) is 26.7 Å². The van der Waals surface area contributed by atoms with E-state index in [1.807, 2.05) is 0 Å². The summed E-state index contributed by atoms with van der Waals surface area (Å²) in [5.41, 5.74) is 0. The molecule has 2 heteroatoms. The molecule has 0 fully saturated rings. The van der Waals surface area contributed by atoms with Crippen molar-refractivity contribution in [3.05, 3.63) is 12.7 Å². The van der Waals surface area contributed by atoms with Crippen molar-refractivity contribution in [2.24, 2.45) is 4.99 Å². The van der Waals surface area contributed by atoms with E-state index in [-0.39, 0.29) is 0 Å². The summed E-state index contributed by atoms with van der Waals surface area (Å²) in [5.74, 6) is 0.925. The Labute approximate surface area is 69.4 Å². The van der Waals surface area contributed by atoms with Crippen molar-refractivity contribution in [1.82, 2.24) is 5.32 Å². The van der Waals surface area contributed by atoms with Gasteiger partial charge in [-0.15, -0.1) is 0 Å². The Morgan fingerprint density at radius 3 is 2.64 bits per heavy atom. The fraction of sp³-hybridized carbons (Fsp3) is 0.667. The maximum atomic E-state index is 4.29. The minimum absolute atomic E-state index is 0.887. The van der Waals surface area contributed by atoms with Gasteiger partial charge in [0.2, 0.25) is 0 Å². The number of nitrogens with zero attached hydrogens (tertiary/aromatic N) is 1. The van der Waals surface area contributed by atoms with Crippen LogP contribution in [-0.4, -0.2) is 18.9 Å². The number of rotatable bonds is 5. The zero-order chi connectivity index (χ0) is 8.53. The summed E-state index contributed by atoms with van der Waals surface area (Å²) in [7, 11) is 0. The summed E-state index contributed by atoms with van der Waals surface area (Å²) in [6, 6.07) is 0. The lowest BCUT2D eigenvalue weighted by Crippen LogP contribution is -2.22. The topological polar surface area (TPSA) is 24.4 Å². The summed E-state index contributed by atoms with van der Waals surface area (Å²) in [6.45, 7) is 9.79. The van der Waals surface area contributed by atoms with E-state index in [0.29, 0.717) is 0 Å². The number of aliphatic imine (C=N–C) groups is 1. The van der Waals surface area contributed by atoms with E-state index in [2.05, 4.69) is 30.7 Å². The smallest absolute Gasteiger partial charge is 0.120 e. The molecule has 0 saturated carbocycles. The quantitative estimate of drug-likeness (QED) is 0.475. The molecule has 0 bridgehead atoms. The van der Waals surface area contributed by atoms with E-state index in [4.69, 9.17) is 0 Å². The van der Waals surface area contributed by atoms with E-state index in [0.717, 1.165) is 31.8 Å². The monoisotopic (exact) mass is 154 g/mol. The molecule has 11 heavy (non-hydrogen) atoms. The van der Waals surface area contributed by atoms with Crippen LogP contribution in [0.3, 0.4) is 0 Å². The molecule has 0 aromatic heterocycles. The van der Waals surface area contributed by atoms with Crippen molar-refractivity contribution >= 4 is 5.84 Å². The van der Waals surface area contributed by atoms with Crippen molar-refractivity contribution < 1.29 is 0 Å². The third-order valence-electron chi connectivity index (χ3n) is 1.26. The van der Waals surface area contributed by atoms with Crippen LogP contribution in [-0.2, 0) is 0 Å². The van der Waals surface area contributed by atoms with E-state index in [1.54, 1.807) is 6.08 Å². The molecule has 1 N–H and O–H groups in total. The molecule has 0 saturated heterocycles. The summed E-state index contributed by atoms with van der Waals surface area (Å²) in [5, 5.41) is 3.19. The summed E-state index contributed by atoms with van der Waals surface area (Å²) >= 11 is 0. The first-order valence-electron chi connectivity index (χ1n) is 4.25. The highest BCUT2D eigenvalue weighted by Crippen LogP contribution is 1.82. The third-order valence-corrected chi connectivity index (χ3v) is 1.26. The van der Waals surface area contributed by atoms with Gasteiger partial charge in [-0.05, 0) is 18.9 Å². The predicted molar refractivity (Wildman–Crippen MR) is 51.1 cm³/mol. The Bertz CT molecular complexity index is 128. The lowest BCUT2D eigenvalue weighted by Gasteiger charge is -2.02. The molecule has 0 aliphatic rings. The first-order valence-corrected chi connectivity index (χ1v) is 4.25. The van der Waals surface area contributed by atoms with E-state index >= 15 is 0 Å². The predicted octanol–water partition coefficient (Wildman–Crippen LogP) is 1.98. The van der Waals surface area contributed by atoms with Gasteiger partial charge in [-0.1, -0.05) is 20.4 Å². The van der Waals surface area contributed by atoms with Gasteiger partial charge in [0.1, 0.15) is 5.84 Å². The van der Waals surface area contributed by atoms with Gasteiger partial charge in [0.25, 0.3) is 0 Å². The maximum absolute atomic E-state index is 4.29. The molecule has 2 nitrogen and oxygen atoms in total. The van der Waals surface area contributed by atoms with Crippen molar-refractivity contribution in [3.63, 3.8) is 0 Å². The average molecular weight is 154 g/mol. The van der Waals surface area contributed by atoms with Crippen LogP contribution in [0.1, 0.15) is 26.7 Å². The second-order valence-corrected chi connectivity index (χ2v) is 2.40. The molecule has 0 unspecified atom stereocenters. The van der Waals surface area contributed by atoms with Gasteiger partial charge >= 0.3 is 0 Å². The number of hydrogen-bond acceptors (Lipinski definition) is 1. The highest BCUT2D eigenvalue weighted by molar-refractivity contribution is 5.92. The summed E-state index contributed by atoms with van der Waals surface area (Å²) in [6.07, 6.45) is 3.98. The lowest BCUT2D eigenvalue weighted by atomic mass is 10.4. The van der Waals surface area contributed by atoms with Crippen molar-refractivity contribution in [3.8, 4) is 0 Å². The second kappa shape index (κ2) is 7.32. The number of hydrogen-bond donors (Lipinski definition) is 1. The number of amidine groups is 1. The van der Waals surface area contributed by atoms with Crippen molar-refractivity contribution in [2.75, 3.05) is 13.1 Å². The first-order chi connectivity index (χ1) is 5.35. The van der Waals surface area contributed by atoms with Crippen LogP contribution in [0.25, 0.3) is 0 Å². The molecule has 0 rings (SSSR count). The standard InChI is InChI=1S/C9H18N2/c1-4-7-10-9(6-3)11-8-5-2/h6H,3-5,7-8H2,1-2H3,(H,10,11). The molecule has 0 radical (unpaired) electrons. The van der Waals surface area contributed by atoms with Crippen LogP contribution >= 0.6 is 0 Å². The van der Waals surface area contributed by atoms with Crippen LogP contribution < -0.4 is 5.32 Å². The van der Waals surface area contributed by atoms with E-state index in [1.165, 1.54) is 0 Å². The molecule has 0 aliphatic carbocycles. The van der Waals surface area contributed by atoms with Crippen LogP contribution in [0, 0.1) is 0 Å². The first kappa shape index (κ1) is 10.2. The van der Waals surface area contributed by atoms with Crippen molar-refractivity contribution in [1.29, 1.82) is 0 Å². The fourth-order valence-corrected chi connectivity index (χ4v) is 0.678. The zero-order valence-electron chi connectivity index (χ0n) is 7.56. The molecule has 0 aliphatic heterocycles. The van der Waals surface area contributed by atoms with Crippen LogP contribution in [0.5, 0.6) is 0 Å². The maximum Gasteiger partial charge on any atom is 0.120 e. The minimum Gasteiger partial charge on any atom is -0.370 e. The fourth-order valence-electron chi connectivity index (χ4n) is 0.678. The molecule has 0 atom stereocenters. The highest BCUT2D eigenvalue weighted by atomic mass is 15.0. The molecule has 0 aromatic carbocycles. The highest BCUT2D eigenvalue weighted by Gasteiger charge is 1.88. The third kappa shape index (κ3) is 5.64. The zero-order valence-corrected chi connectivity index (χ0v) is 7.56. The molecule has 0 heterocycles. The molecule has 0 amide bonds. The van der Waals surface area contributed by atoms with Gasteiger partial charge in [-0.3, -0.25) is 4.99 Å². The van der Waals surface area contributed by atoms with Crippen LogP contribution in [0.4, 0.5) is 0 Å². The lowest BCUT2D eigenvalue weighted by molar-refractivity contribution is 0.829. The Kier molecular flexibility index (Phi) is 6.79. The molecular weight excluding hydrogens is 136 g/mol. The van der Waals surface area contributed by atoms with Gasteiger partial charge in [0.15, 0.2) is 0 Å². The Hall–Kier alpha value is -0.790. The summed E-state index contributed by atoms with van der Waals surface area (Å²) in [4.78, 5) is 4.29.